The number of aldehydes is 1. The lowest BCUT2D eigenvalue weighted by Gasteiger charge is -1.85. The Bertz CT molecular complexity index is 398. The third kappa shape index (κ3) is 3.09. The van der Waals surface area contributed by atoms with Crippen molar-refractivity contribution in [1.29, 1.82) is 0 Å². The van der Waals surface area contributed by atoms with Crippen LogP contribution in [0.3, 0.4) is 0 Å². The third-order valence-electron chi connectivity index (χ3n) is 1.65. The molecule has 0 aromatic carbocycles. The lowest BCUT2D eigenvalue weighted by Crippen LogP contribution is -1.77. The average molecular weight is 202 g/mol. The zero-order chi connectivity index (χ0) is 10.2. The highest BCUT2D eigenvalue weighted by molar-refractivity contribution is 7.11. The quantitative estimate of drug-likeness (QED) is 0.418. The summed E-state index contributed by atoms with van der Waals surface area (Å²) in [6.45, 7) is 0. The van der Waals surface area contributed by atoms with Crippen LogP contribution in [0.15, 0.2) is 11.4 Å². The second-order valence-electron chi connectivity index (χ2n) is 2.68. The van der Waals surface area contributed by atoms with Crippen LogP contribution >= 0.6 is 11.3 Å². The van der Waals surface area contributed by atoms with Gasteiger partial charge in [-0.15, -0.1) is 23.7 Å². The van der Waals surface area contributed by atoms with Gasteiger partial charge in [-0.3, -0.25) is 4.79 Å². The molecule has 0 bridgehead atoms. The van der Waals surface area contributed by atoms with Crippen molar-refractivity contribution in [3.8, 4) is 24.2 Å². The number of unbranched alkanes of at least 4 members (excludes halogenated alkanes) is 2. The van der Waals surface area contributed by atoms with Crippen LogP contribution in [0.25, 0.3) is 0 Å². The molecule has 0 saturated heterocycles. The molecule has 1 rings (SSSR count). The lowest BCUT2D eigenvalue weighted by molar-refractivity contribution is 0.112. The SMILES string of the molecule is C#CCCCC#Cc1ccsc1C=O. The number of hydrogen-bond donors (Lipinski definition) is 0. The summed E-state index contributed by atoms with van der Waals surface area (Å²) >= 11 is 1.41. The van der Waals surface area contributed by atoms with Gasteiger partial charge in [0.2, 0.25) is 0 Å². The maximum absolute atomic E-state index is 10.5. The van der Waals surface area contributed by atoms with Gasteiger partial charge in [-0.2, -0.15) is 0 Å². The van der Waals surface area contributed by atoms with Crippen molar-refractivity contribution in [3.63, 3.8) is 0 Å². The van der Waals surface area contributed by atoms with E-state index in [0.29, 0.717) is 4.88 Å². The first kappa shape index (κ1) is 10.6. The minimum Gasteiger partial charge on any atom is -0.297 e. The van der Waals surface area contributed by atoms with E-state index < -0.39 is 0 Å². The molecule has 70 valence electrons. The Labute approximate surface area is 88.2 Å². The third-order valence-corrected chi connectivity index (χ3v) is 2.49. The van der Waals surface area contributed by atoms with E-state index in [4.69, 9.17) is 6.42 Å². The highest BCUT2D eigenvalue weighted by atomic mass is 32.1. The molecule has 0 amide bonds. The van der Waals surface area contributed by atoms with Gasteiger partial charge in [0.1, 0.15) is 0 Å². The van der Waals surface area contributed by atoms with Crippen molar-refractivity contribution in [2.24, 2.45) is 0 Å². The zero-order valence-electron chi connectivity index (χ0n) is 7.75. The average Bonchev–Trinajstić information content (AvgIpc) is 2.65. The Morgan fingerprint density at radius 2 is 2.36 bits per heavy atom. The van der Waals surface area contributed by atoms with Crippen molar-refractivity contribution in [1.82, 2.24) is 0 Å². The number of carbonyl (C=O) groups is 1. The van der Waals surface area contributed by atoms with Crippen molar-refractivity contribution in [2.75, 3.05) is 0 Å². The highest BCUT2D eigenvalue weighted by Gasteiger charge is 1.97. The van der Waals surface area contributed by atoms with E-state index in [1.165, 1.54) is 11.3 Å². The number of hydrogen-bond acceptors (Lipinski definition) is 2. The van der Waals surface area contributed by atoms with Crippen molar-refractivity contribution < 1.29 is 4.79 Å². The molecule has 0 N–H and O–H groups in total. The Morgan fingerprint density at radius 1 is 1.50 bits per heavy atom. The maximum Gasteiger partial charge on any atom is 0.161 e. The summed E-state index contributed by atoms with van der Waals surface area (Å²) in [6, 6.07) is 1.86. The number of rotatable bonds is 3. The molecule has 0 aliphatic rings. The predicted octanol–water partition coefficient (Wildman–Crippen LogP) is 2.72. The standard InChI is InChI=1S/C12H10OS/c1-2-3-4-5-6-7-11-8-9-14-12(11)10-13/h1,8-10H,3-5H2. The van der Waals surface area contributed by atoms with Gasteiger partial charge in [0.05, 0.1) is 4.88 Å². The Balaban J connectivity index is 2.51. The molecule has 1 aromatic rings. The van der Waals surface area contributed by atoms with E-state index >= 15 is 0 Å². The molecule has 1 aromatic heterocycles. The fraction of sp³-hybridized carbons (Fsp3) is 0.250. The minimum absolute atomic E-state index is 0.703. The van der Waals surface area contributed by atoms with Crippen LogP contribution in [0.2, 0.25) is 0 Å². The minimum atomic E-state index is 0.703. The molecule has 0 aliphatic carbocycles. The Hall–Kier alpha value is -1.51. The van der Waals surface area contributed by atoms with E-state index in [2.05, 4.69) is 17.8 Å². The summed E-state index contributed by atoms with van der Waals surface area (Å²) in [5.74, 6) is 8.53. The summed E-state index contributed by atoms with van der Waals surface area (Å²) in [6.07, 6.45) is 8.42. The second-order valence-corrected chi connectivity index (χ2v) is 3.62. The molecule has 14 heavy (non-hydrogen) atoms. The van der Waals surface area contributed by atoms with Crippen LogP contribution in [0.1, 0.15) is 34.5 Å². The molecule has 0 saturated carbocycles. The normalized spacial score (nSPS) is 8.50. The Morgan fingerprint density at radius 3 is 3.07 bits per heavy atom. The van der Waals surface area contributed by atoms with E-state index in [0.717, 1.165) is 31.1 Å². The van der Waals surface area contributed by atoms with Gasteiger partial charge < -0.3 is 0 Å². The number of terminal acetylenes is 1. The van der Waals surface area contributed by atoms with Gasteiger partial charge in [-0.05, 0) is 17.9 Å². The summed E-state index contributed by atoms with van der Waals surface area (Å²) in [4.78, 5) is 11.2. The number of thiophene rings is 1. The van der Waals surface area contributed by atoms with E-state index in [-0.39, 0.29) is 0 Å². The maximum atomic E-state index is 10.5. The molecule has 0 spiro atoms. The smallest absolute Gasteiger partial charge is 0.161 e. The van der Waals surface area contributed by atoms with Crippen LogP contribution in [0.5, 0.6) is 0 Å². The molecular formula is C12H10OS. The van der Waals surface area contributed by atoms with Crippen molar-refractivity contribution in [2.45, 2.75) is 19.3 Å². The van der Waals surface area contributed by atoms with Crippen LogP contribution in [-0.2, 0) is 0 Å². The molecule has 1 nitrogen and oxygen atoms in total. The predicted molar refractivity (Wildman–Crippen MR) is 59.3 cm³/mol. The van der Waals surface area contributed by atoms with Gasteiger partial charge in [0.25, 0.3) is 0 Å². The molecular weight excluding hydrogens is 192 g/mol. The van der Waals surface area contributed by atoms with Gasteiger partial charge in [0, 0.05) is 18.4 Å². The zero-order valence-corrected chi connectivity index (χ0v) is 8.56. The van der Waals surface area contributed by atoms with E-state index in [1.54, 1.807) is 0 Å². The molecule has 0 aliphatic heterocycles. The fourth-order valence-electron chi connectivity index (χ4n) is 0.952. The molecule has 0 radical (unpaired) electrons. The summed E-state index contributed by atoms with van der Waals surface area (Å²) in [5, 5.41) is 1.87. The first-order valence-corrected chi connectivity index (χ1v) is 5.21. The summed E-state index contributed by atoms with van der Waals surface area (Å²) in [7, 11) is 0. The van der Waals surface area contributed by atoms with Crippen LogP contribution in [0.4, 0.5) is 0 Å². The Kier molecular flexibility index (Phi) is 4.55. The molecule has 0 atom stereocenters. The fourth-order valence-corrected chi connectivity index (χ4v) is 1.60. The van der Waals surface area contributed by atoms with Crippen LogP contribution < -0.4 is 0 Å². The highest BCUT2D eigenvalue weighted by Crippen LogP contribution is 2.12. The first-order valence-electron chi connectivity index (χ1n) is 4.33. The lowest BCUT2D eigenvalue weighted by atomic mass is 10.2. The molecule has 1 heterocycles. The van der Waals surface area contributed by atoms with Crippen molar-refractivity contribution >= 4 is 17.6 Å². The summed E-state index contributed by atoms with van der Waals surface area (Å²) < 4.78 is 0. The van der Waals surface area contributed by atoms with E-state index in [9.17, 15) is 4.79 Å². The van der Waals surface area contributed by atoms with Crippen LogP contribution in [-0.4, -0.2) is 6.29 Å². The topological polar surface area (TPSA) is 17.1 Å². The van der Waals surface area contributed by atoms with E-state index in [1.807, 2.05) is 11.4 Å². The molecule has 0 fully saturated rings. The van der Waals surface area contributed by atoms with Gasteiger partial charge in [-0.1, -0.05) is 11.8 Å². The van der Waals surface area contributed by atoms with Gasteiger partial charge in [-0.25, -0.2) is 0 Å². The largest absolute Gasteiger partial charge is 0.297 e. The number of carbonyl (C=O) groups excluding carboxylic acids is 1. The molecule has 0 unspecified atom stereocenters. The summed E-state index contributed by atoms with van der Waals surface area (Å²) in [5.41, 5.74) is 0.825. The van der Waals surface area contributed by atoms with Crippen LogP contribution in [0, 0.1) is 24.2 Å². The first-order chi connectivity index (χ1) is 6.88. The second kappa shape index (κ2) is 6.02. The molecule has 2 heteroatoms. The van der Waals surface area contributed by atoms with Crippen molar-refractivity contribution in [3.05, 3.63) is 21.9 Å². The monoisotopic (exact) mass is 202 g/mol. The van der Waals surface area contributed by atoms with Gasteiger partial charge >= 0.3 is 0 Å². The van der Waals surface area contributed by atoms with Gasteiger partial charge in [0.15, 0.2) is 6.29 Å².